The highest BCUT2D eigenvalue weighted by molar-refractivity contribution is 7.15. The molecule has 26 heavy (non-hydrogen) atoms. The van der Waals surface area contributed by atoms with Gasteiger partial charge in [0.15, 0.2) is 0 Å². The second kappa shape index (κ2) is 6.59. The summed E-state index contributed by atoms with van der Waals surface area (Å²) in [5, 5.41) is 13.2. The van der Waals surface area contributed by atoms with Crippen LogP contribution in [0.4, 0.5) is 5.69 Å². The van der Waals surface area contributed by atoms with Crippen LogP contribution in [0.5, 0.6) is 0 Å². The minimum Gasteiger partial charge on any atom is -0.477 e. The molecule has 0 spiro atoms. The maximum Gasteiger partial charge on any atom is 0.346 e. The summed E-state index contributed by atoms with van der Waals surface area (Å²) in [4.78, 5) is 25.3. The molecule has 130 valence electrons. The van der Waals surface area contributed by atoms with E-state index < -0.39 is 5.97 Å². The Morgan fingerprint density at radius 1 is 1.15 bits per heavy atom. The average molecular weight is 384 g/mol. The lowest BCUT2D eigenvalue weighted by atomic mass is 9.89. The van der Waals surface area contributed by atoms with Crippen LogP contribution in [0.15, 0.2) is 54.6 Å². The second-order valence-electron chi connectivity index (χ2n) is 6.08. The lowest BCUT2D eigenvalue weighted by Gasteiger charge is -2.24. The van der Waals surface area contributed by atoms with Gasteiger partial charge in [0, 0.05) is 27.8 Å². The van der Waals surface area contributed by atoms with E-state index in [1.165, 1.54) is 11.3 Å². The Bertz CT molecular complexity index is 1010. The predicted molar refractivity (Wildman–Crippen MR) is 103 cm³/mol. The number of thiophene rings is 1. The fourth-order valence-electron chi connectivity index (χ4n) is 3.31. The first-order chi connectivity index (χ1) is 12.5. The first-order valence-corrected chi connectivity index (χ1v) is 9.24. The molecule has 1 aliphatic rings. The summed E-state index contributed by atoms with van der Waals surface area (Å²) in [6.45, 7) is 0. The van der Waals surface area contributed by atoms with E-state index in [0.29, 0.717) is 16.3 Å². The van der Waals surface area contributed by atoms with Gasteiger partial charge in [-0.05, 0) is 23.3 Å². The van der Waals surface area contributed by atoms with Crippen molar-refractivity contribution >= 4 is 40.5 Å². The maximum absolute atomic E-state index is 12.4. The summed E-state index contributed by atoms with van der Waals surface area (Å²) < 4.78 is 0. The SMILES string of the molecule is O=C1C[C@H](c2cccc(Cl)c2)c2sc(C(=O)O)c(-c3ccccc3)c2N1. The summed E-state index contributed by atoms with van der Waals surface area (Å²) in [5.41, 5.74) is 2.85. The zero-order chi connectivity index (χ0) is 18.3. The Morgan fingerprint density at radius 2 is 1.92 bits per heavy atom. The molecule has 1 atom stereocenters. The van der Waals surface area contributed by atoms with Crippen molar-refractivity contribution in [3.8, 4) is 11.1 Å². The first kappa shape index (κ1) is 16.8. The molecule has 0 unspecified atom stereocenters. The van der Waals surface area contributed by atoms with Crippen LogP contribution < -0.4 is 5.32 Å². The number of carbonyl (C=O) groups is 2. The van der Waals surface area contributed by atoms with Crippen molar-refractivity contribution < 1.29 is 14.7 Å². The van der Waals surface area contributed by atoms with Gasteiger partial charge in [-0.25, -0.2) is 4.79 Å². The molecule has 3 aromatic rings. The third kappa shape index (κ3) is 2.89. The lowest BCUT2D eigenvalue weighted by molar-refractivity contribution is -0.116. The van der Waals surface area contributed by atoms with E-state index in [-0.39, 0.29) is 23.1 Å². The normalized spacial score (nSPS) is 16.0. The van der Waals surface area contributed by atoms with Gasteiger partial charge in [-0.2, -0.15) is 0 Å². The molecule has 0 saturated heterocycles. The van der Waals surface area contributed by atoms with Crippen LogP contribution in [0.25, 0.3) is 11.1 Å². The zero-order valence-corrected chi connectivity index (χ0v) is 15.1. The number of carboxylic acid groups (broad SMARTS) is 1. The highest BCUT2D eigenvalue weighted by Gasteiger charge is 2.34. The molecule has 0 bridgehead atoms. The highest BCUT2D eigenvalue weighted by atomic mass is 35.5. The van der Waals surface area contributed by atoms with Crippen LogP contribution in [0.3, 0.4) is 0 Å². The van der Waals surface area contributed by atoms with Crippen molar-refractivity contribution in [3.63, 3.8) is 0 Å². The van der Waals surface area contributed by atoms with E-state index in [1.54, 1.807) is 6.07 Å². The van der Waals surface area contributed by atoms with Crippen LogP contribution in [-0.2, 0) is 4.79 Å². The topological polar surface area (TPSA) is 66.4 Å². The van der Waals surface area contributed by atoms with Gasteiger partial charge < -0.3 is 10.4 Å². The summed E-state index contributed by atoms with van der Waals surface area (Å²) in [6.07, 6.45) is 0.265. The Hall–Kier alpha value is -2.63. The van der Waals surface area contributed by atoms with Crippen molar-refractivity contribution in [2.45, 2.75) is 12.3 Å². The Balaban J connectivity index is 1.95. The number of carbonyl (C=O) groups excluding carboxylic acids is 1. The van der Waals surface area contributed by atoms with E-state index >= 15 is 0 Å². The van der Waals surface area contributed by atoms with E-state index in [4.69, 9.17) is 11.6 Å². The summed E-state index contributed by atoms with van der Waals surface area (Å²) in [6, 6.07) is 16.6. The molecule has 2 heterocycles. The molecule has 2 N–H and O–H groups in total. The number of nitrogens with one attached hydrogen (secondary N) is 1. The molecular formula is C20H14ClNO3S. The number of rotatable bonds is 3. The standard InChI is InChI=1S/C20H14ClNO3S/c21-13-8-4-7-12(9-13)14-10-15(23)22-17-16(11-5-2-1-3-6-11)19(20(24)25)26-18(14)17/h1-9,14H,10H2,(H,22,23)(H,24,25)/t14-/m1/s1. The second-order valence-corrected chi connectivity index (χ2v) is 7.57. The van der Waals surface area contributed by atoms with Crippen molar-refractivity contribution in [1.29, 1.82) is 0 Å². The minimum atomic E-state index is -0.998. The van der Waals surface area contributed by atoms with Crippen LogP contribution >= 0.6 is 22.9 Å². The zero-order valence-electron chi connectivity index (χ0n) is 13.5. The van der Waals surface area contributed by atoms with Gasteiger partial charge in [0.2, 0.25) is 5.91 Å². The number of fused-ring (bicyclic) bond motifs is 1. The summed E-state index contributed by atoms with van der Waals surface area (Å²) in [7, 11) is 0. The van der Waals surface area contributed by atoms with Gasteiger partial charge in [-0.3, -0.25) is 4.79 Å². The number of aromatic carboxylic acids is 1. The van der Waals surface area contributed by atoms with Crippen LogP contribution in [0.1, 0.15) is 32.5 Å². The largest absolute Gasteiger partial charge is 0.477 e. The number of amides is 1. The molecule has 6 heteroatoms. The first-order valence-electron chi connectivity index (χ1n) is 8.05. The molecule has 1 amide bonds. The number of benzene rings is 2. The molecular weight excluding hydrogens is 370 g/mol. The quantitative estimate of drug-likeness (QED) is 0.649. The number of hydrogen-bond acceptors (Lipinski definition) is 3. The lowest BCUT2D eigenvalue weighted by Crippen LogP contribution is -2.22. The molecule has 4 nitrogen and oxygen atoms in total. The van der Waals surface area contributed by atoms with Crippen LogP contribution in [-0.4, -0.2) is 17.0 Å². The molecule has 1 aromatic heterocycles. The molecule has 0 aliphatic carbocycles. The fraction of sp³-hybridized carbons (Fsp3) is 0.100. The number of hydrogen-bond donors (Lipinski definition) is 2. The van der Waals surface area contributed by atoms with E-state index in [1.807, 2.05) is 48.5 Å². The van der Waals surface area contributed by atoms with Crippen molar-refractivity contribution in [1.82, 2.24) is 0 Å². The molecule has 0 fully saturated rings. The van der Waals surface area contributed by atoms with Gasteiger partial charge in [0.05, 0.1) is 5.69 Å². The maximum atomic E-state index is 12.4. The Kier molecular flexibility index (Phi) is 4.26. The Morgan fingerprint density at radius 3 is 2.62 bits per heavy atom. The van der Waals surface area contributed by atoms with Crippen LogP contribution in [0, 0.1) is 0 Å². The Labute approximate surface area is 159 Å². The van der Waals surface area contributed by atoms with Crippen molar-refractivity contribution in [2.24, 2.45) is 0 Å². The summed E-state index contributed by atoms with van der Waals surface area (Å²) in [5.74, 6) is -1.34. The van der Waals surface area contributed by atoms with Crippen molar-refractivity contribution in [3.05, 3.63) is 74.9 Å². The fourth-order valence-corrected chi connectivity index (χ4v) is 4.75. The number of carboxylic acids is 1. The van der Waals surface area contributed by atoms with Gasteiger partial charge in [-0.1, -0.05) is 54.1 Å². The predicted octanol–water partition coefficient (Wildman–Crippen LogP) is 5.24. The molecule has 0 radical (unpaired) electrons. The molecule has 2 aromatic carbocycles. The number of anilines is 1. The number of halogens is 1. The van der Waals surface area contributed by atoms with Gasteiger partial charge in [0.1, 0.15) is 4.88 Å². The van der Waals surface area contributed by atoms with E-state index in [2.05, 4.69) is 5.32 Å². The van der Waals surface area contributed by atoms with Gasteiger partial charge >= 0.3 is 5.97 Å². The third-order valence-corrected chi connectivity index (χ3v) is 5.94. The molecule has 0 saturated carbocycles. The van der Waals surface area contributed by atoms with Gasteiger partial charge in [-0.15, -0.1) is 11.3 Å². The van der Waals surface area contributed by atoms with E-state index in [9.17, 15) is 14.7 Å². The minimum absolute atomic E-state index is 0.130. The molecule has 4 rings (SSSR count). The van der Waals surface area contributed by atoms with E-state index in [0.717, 1.165) is 16.0 Å². The highest BCUT2D eigenvalue weighted by Crippen LogP contribution is 2.49. The molecule has 1 aliphatic heterocycles. The third-order valence-electron chi connectivity index (χ3n) is 4.41. The van der Waals surface area contributed by atoms with Crippen LogP contribution in [0.2, 0.25) is 5.02 Å². The average Bonchev–Trinajstić information content (AvgIpc) is 3.01. The smallest absolute Gasteiger partial charge is 0.346 e. The summed E-state index contributed by atoms with van der Waals surface area (Å²) >= 11 is 7.34. The van der Waals surface area contributed by atoms with Crippen molar-refractivity contribution in [2.75, 3.05) is 5.32 Å². The monoisotopic (exact) mass is 383 g/mol. The van der Waals surface area contributed by atoms with Gasteiger partial charge in [0.25, 0.3) is 0 Å².